The van der Waals surface area contributed by atoms with E-state index in [1.165, 1.54) is 25.3 Å². The number of aryl methyl sites for hydroxylation is 1. The third-order valence-electron chi connectivity index (χ3n) is 3.23. The van der Waals surface area contributed by atoms with Crippen molar-refractivity contribution in [2.45, 2.75) is 25.6 Å². The van der Waals surface area contributed by atoms with Crippen molar-refractivity contribution in [3.63, 3.8) is 0 Å². The number of amides is 2. The number of hydrogen-bond donors (Lipinski definition) is 3. The highest BCUT2D eigenvalue weighted by Crippen LogP contribution is 2.18. The molecule has 0 aromatic heterocycles. The fraction of sp³-hybridized carbons (Fsp3) is 0.467. The second kappa shape index (κ2) is 8.65. The summed E-state index contributed by atoms with van der Waals surface area (Å²) in [6.45, 7) is 0.444. The molecule has 0 aliphatic rings. The van der Waals surface area contributed by atoms with Gasteiger partial charge in [-0.05, 0) is 24.6 Å². The van der Waals surface area contributed by atoms with Gasteiger partial charge >= 0.3 is 6.18 Å². The monoisotopic (exact) mass is 347 g/mol. The Kier molecular flexibility index (Phi) is 7.18. The van der Waals surface area contributed by atoms with Crippen molar-refractivity contribution in [3.8, 4) is 0 Å². The Morgan fingerprint density at radius 1 is 1.33 bits per heavy atom. The van der Waals surface area contributed by atoms with E-state index in [9.17, 15) is 22.8 Å². The molecule has 1 aromatic rings. The summed E-state index contributed by atoms with van der Waals surface area (Å²) in [5.74, 6) is -1.25. The standard InChI is InChI=1S/C15H20F3N3O3/c1-9-3-4-10(14(23)20-8-15(16,17)18)5-12(9)21-13(22)6-11(7-19)24-2/h3-5,11H,6-8,19H2,1-2H3,(H,20,23)(H,21,22). The van der Waals surface area contributed by atoms with Crippen molar-refractivity contribution in [2.75, 3.05) is 25.5 Å². The van der Waals surface area contributed by atoms with Crippen LogP contribution in [0.4, 0.5) is 18.9 Å². The second-order valence-corrected chi connectivity index (χ2v) is 5.17. The smallest absolute Gasteiger partial charge is 0.380 e. The number of benzene rings is 1. The van der Waals surface area contributed by atoms with Crippen LogP contribution in [0.5, 0.6) is 0 Å². The molecule has 4 N–H and O–H groups in total. The molecule has 0 saturated heterocycles. The minimum atomic E-state index is -4.49. The van der Waals surface area contributed by atoms with E-state index in [1.807, 2.05) is 0 Å². The van der Waals surface area contributed by atoms with E-state index in [-0.39, 0.29) is 24.4 Å². The Labute approximate surface area is 137 Å². The minimum absolute atomic E-state index is 0.0160. The number of nitrogens with two attached hydrogens (primary N) is 1. The maximum atomic E-state index is 12.1. The molecule has 0 aliphatic heterocycles. The summed E-state index contributed by atoms with van der Waals surface area (Å²) in [6, 6.07) is 4.24. The summed E-state index contributed by atoms with van der Waals surface area (Å²) in [7, 11) is 1.43. The molecule has 0 aliphatic carbocycles. The topological polar surface area (TPSA) is 93.4 Å². The maximum absolute atomic E-state index is 12.1. The van der Waals surface area contributed by atoms with Gasteiger partial charge in [0, 0.05) is 24.9 Å². The Balaban J connectivity index is 2.79. The van der Waals surface area contributed by atoms with Gasteiger partial charge in [0.05, 0.1) is 12.5 Å². The van der Waals surface area contributed by atoms with Gasteiger partial charge in [-0.3, -0.25) is 9.59 Å². The summed E-state index contributed by atoms with van der Waals surface area (Å²) in [6.07, 6.45) is -4.91. The lowest BCUT2D eigenvalue weighted by Gasteiger charge is -2.14. The van der Waals surface area contributed by atoms with Crippen LogP contribution in [-0.4, -0.2) is 44.3 Å². The van der Waals surface area contributed by atoms with Crippen molar-refractivity contribution in [3.05, 3.63) is 29.3 Å². The largest absolute Gasteiger partial charge is 0.405 e. The van der Waals surface area contributed by atoms with Gasteiger partial charge in [-0.1, -0.05) is 6.07 Å². The first-order valence-corrected chi connectivity index (χ1v) is 7.14. The minimum Gasteiger partial charge on any atom is -0.380 e. The molecule has 0 spiro atoms. The predicted octanol–water partition coefficient (Wildman–Crippen LogP) is 1.59. The fourth-order valence-electron chi connectivity index (χ4n) is 1.85. The molecule has 9 heteroatoms. The van der Waals surface area contributed by atoms with Gasteiger partial charge in [-0.25, -0.2) is 0 Å². The molecule has 1 aromatic carbocycles. The summed E-state index contributed by atoms with van der Waals surface area (Å²) in [4.78, 5) is 23.7. The second-order valence-electron chi connectivity index (χ2n) is 5.17. The average molecular weight is 347 g/mol. The highest BCUT2D eigenvalue weighted by Gasteiger charge is 2.28. The Hall–Kier alpha value is -2.13. The molecule has 24 heavy (non-hydrogen) atoms. The lowest BCUT2D eigenvalue weighted by atomic mass is 10.1. The van der Waals surface area contributed by atoms with E-state index in [0.29, 0.717) is 11.3 Å². The molecule has 1 atom stereocenters. The van der Waals surface area contributed by atoms with Gasteiger partial charge in [0.25, 0.3) is 5.91 Å². The average Bonchev–Trinajstić information content (AvgIpc) is 2.51. The number of carbonyl (C=O) groups excluding carboxylic acids is 2. The van der Waals surface area contributed by atoms with Crippen molar-refractivity contribution in [1.82, 2.24) is 5.32 Å². The van der Waals surface area contributed by atoms with Gasteiger partial charge in [0.1, 0.15) is 6.54 Å². The number of ether oxygens (including phenoxy) is 1. The summed E-state index contributed by atoms with van der Waals surface area (Å²) < 4.78 is 41.4. The summed E-state index contributed by atoms with van der Waals surface area (Å²) in [5.41, 5.74) is 6.46. The number of alkyl halides is 3. The lowest BCUT2D eigenvalue weighted by Crippen LogP contribution is -2.33. The molecular weight excluding hydrogens is 327 g/mol. The van der Waals surface area contributed by atoms with E-state index in [0.717, 1.165) is 0 Å². The van der Waals surface area contributed by atoms with Crippen molar-refractivity contribution >= 4 is 17.5 Å². The highest BCUT2D eigenvalue weighted by molar-refractivity contribution is 5.97. The zero-order valence-corrected chi connectivity index (χ0v) is 13.4. The summed E-state index contributed by atoms with van der Waals surface area (Å²) in [5, 5.41) is 4.38. The first-order chi connectivity index (χ1) is 11.2. The number of anilines is 1. The van der Waals surface area contributed by atoms with Gasteiger partial charge in [0.2, 0.25) is 5.91 Å². The third kappa shape index (κ3) is 6.55. The van der Waals surface area contributed by atoms with Crippen LogP contribution >= 0.6 is 0 Å². The zero-order chi connectivity index (χ0) is 18.3. The van der Waals surface area contributed by atoms with Gasteiger partial charge in [-0.2, -0.15) is 13.2 Å². The van der Waals surface area contributed by atoms with Crippen LogP contribution in [0, 0.1) is 6.92 Å². The Morgan fingerprint density at radius 3 is 2.54 bits per heavy atom. The summed E-state index contributed by atoms with van der Waals surface area (Å²) >= 11 is 0. The number of rotatable bonds is 7. The molecular formula is C15H20F3N3O3. The van der Waals surface area contributed by atoms with E-state index in [1.54, 1.807) is 12.2 Å². The van der Waals surface area contributed by atoms with E-state index in [2.05, 4.69) is 5.32 Å². The van der Waals surface area contributed by atoms with Crippen LogP contribution in [-0.2, 0) is 9.53 Å². The zero-order valence-electron chi connectivity index (χ0n) is 13.4. The molecule has 0 saturated carbocycles. The van der Waals surface area contributed by atoms with E-state index >= 15 is 0 Å². The van der Waals surface area contributed by atoms with E-state index in [4.69, 9.17) is 10.5 Å². The third-order valence-corrected chi connectivity index (χ3v) is 3.23. The van der Waals surface area contributed by atoms with Crippen LogP contribution in [0.2, 0.25) is 0 Å². The van der Waals surface area contributed by atoms with Gasteiger partial charge < -0.3 is 21.1 Å². The Bertz CT molecular complexity index is 587. The first-order valence-electron chi connectivity index (χ1n) is 7.14. The molecule has 6 nitrogen and oxygen atoms in total. The quantitative estimate of drug-likeness (QED) is 0.698. The number of nitrogens with one attached hydrogen (secondary N) is 2. The van der Waals surface area contributed by atoms with Crippen molar-refractivity contribution < 1.29 is 27.5 Å². The predicted molar refractivity (Wildman–Crippen MR) is 82.7 cm³/mol. The van der Waals surface area contributed by atoms with Gasteiger partial charge in [-0.15, -0.1) is 0 Å². The van der Waals surface area contributed by atoms with Crippen LogP contribution < -0.4 is 16.4 Å². The number of hydrogen-bond acceptors (Lipinski definition) is 4. The molecule has 134 valence electrons. The van der Waals surface area contributed by atoms with Gasteiger partial charge in [0.15, 0.2) is 0 Å². The number of carbonyl (C=O) groups is 2. The Morgan fingerprint density at radius 2 is 2.00 bits per heavy atom. The molecule has 0 bridgehead atoms. The molecule has 0 radical (unpaired) electrons. The van der Waals surface area contributed by atoms with Crippen molar-refractivity contribution in [1.29, 1.82) is 0 Å². The maximum Gasteiger partial charge on any atom is 0.405 e. The molecule has 1 unspecified atom stereocenters. The first kappa shape index (κ1) is 19.9. The number of methoxy groups -OCH3 is 1. The fourth-order valence-corrected chi connectivity index (χ4v) is 1.85. The van der Waals surface area contributed by atoms with Crippen molar-refractivity contribution in [2.24, 2.45) is 5.73 Å². The molecule has 0 fully saturated rings. The van der Waals surface area contributed by atoms with Crippen LogP contribution in [0.15, 0.2) is 18.2 Å². The molecule has 2 amide bonds. The van der Waals surface area contributed by atoms with Crippen LogP contribution in [0.1, 0.15) is 22.3 Å². The normalized spacial score (nSPS) is 12.6. The lowest BCUT2D eigenvalue weighted by molar-refractivity contribution is -0.123. The van der Waals surface area contributed by atoms with E-state index < -0.39 is 24.7 Å². The SMILES string of the molecule is COC(CN)CC(=O)Nc1cc(C(=O)NCC(F)(F)F)ccc1C. The highest BCUT2D eigenvalue weighted by atomic mass is 19.4. The molecule has 0 heterocycles. The number of halogens is 3. The molecule has 1 rings (SSSR count). The van der Waals surface area contributed by atoms with Crippen LogP contribution in [0.25, 0.3) is 0 Å². The van der Waals surface area contributed by atoms with Crippen LogP contribution in [0.3, 0.4) is 0 Å².